The normalized spacial score (nSPS) is 23.6. The van der Waals surface area contributed by atoms with Gasteiger partial charge in [0, 0.05) is 31.9 Å². The van der Waals surface area contributed by atoms with Crippen LogP contribution in [0, 0.1) is 0 Å². The van der Waals surface area contributed by atoms with Crippen LogP contribution >= 0.6 is 0 Å². The van der Waals surface area contributed by atoms with Gasteiger partial charge in [-0.3, -0.25) is 9.69 Å². The third-order valence-electron chi connectivity index (χ3n) is 3.66. The molecule has 2 rings (SSSR count). The molecular weight excluding hydrogens is 270 g/mol. The van der Waals surface area contributed by atoms with Crippen LogP contribution in [0.5, 0.6) is 0 Å². The molecule has 1 aliphatic heterocycles. The summed E-state index contributed by atoms with van der Waals surface area (Å²) in [5, 5.41) is 9.43. The first-order valence-corrected chi connectivity index (χ1v) is 7.45. The average molecular weight is 295 g/mol. The predicted octanol–water partition coefficient (Wildman–Crippen LogP) is 1.75. The third kappa shape index (κ3) is 4.04. The second-order valence-corrected chi connectivity index (χ2v) is 6.50. The summed E-state index contributed by atoms with van der Waals surface area (Å²) in [6.45, 7) is 10.0. The zero-order chi connectivity index (χ0) is 15.6. The van der Waals surface area contributed by atoms with E-state index in [4.69, 9.17) is 4.74 Å². The Bertz CT molecular complexity index is 493. The van der Waals surface area contributed by atoms with Crippen LogP contribution in [0.3, 0.4) is 0 Å². The number of aryl methyl sites for hydroxylation is 1. The maximum Gasteiger partial charge on any atom is 0.321 e. The molecule has 0 radical (unpaired) electrons. The van der Waals surface area contributed by atoms with Gasteiger partial charge in [-0.1, -0.05) is 0 Å². The summed E-state index contributed by atoms with van der Waals surface area (Å²) >= 11 is 0. The molecular formula is C15H25N3O3. The summed E-state index contributed by atoms with van der Waals surface area (Å²) in [6.07, 6.45) is 4.16. The summed E-state index contributed by atoms with van der Waals surface area (Å²) in [5.41, 5.74) is -0.258. The van der Waals surface area contributed by atoms with E-state index in [2.05, 4.69) is 11.9 Å². The van der Waals surface area contributed by atoms with Gasteiger partial charge in [-0.2, -0.15) is 0 Å². The number of rotatable bonds is 5. The first-order chi connectivity index (χ1) is 9.80. The van der Waals surface area contributed by atoms with Crippen LogP contribution in [0.15, 0.2) is 12.4 Å². The fourth-order valence-corrected chi connectivity index (χ4v) is 2.84. The molecule has 0 unspecified atom stereocenters. The first kappa shape index (κ1) is 16.0. The Labute approximate surface area is 125 Å². The van der Waals surface area contributed by atoms with Crippen LogP contribution in [0.4, 0.5) is 0 Å². The number of carboxylic acids is 1. The van der Waals surface area contributed by atoms with Gasteiger partial charge in [0.25, 0.3) is 0 Å². The number of carbonyl (C=O) groups is 1. The third-order valence-corrected chi connectivity index (χ3v) is 3.66. The standard InChI is InChI=1S/C15H25N3O3/c1-5-17-7-6-16-13(17)10-18-9-11(21-15(2,3)4)8-12(18)14(19)20/h6-7,11-12H,5,8-10H2,1-4H3,(H,19,20)/t11-,12+/m1/s1. The van der Waals surface area contributed by atoms with Gasteiger partial charge in [0.05, 0.1) is 18.2 Å². The van der Waals surface area contributed by atoms with E-state index in [0.29, 0.717) is 19.5 Å². The van der Waals surface area contributed by atoms with Gasteiger partial charge in [-0.15, -0.1) is 0 Å². The first-order valence-electron chi connectivity index (χ1n) is 7.45. The number of hydrogen-bond acceptors (Lipinski definition) is 4. The van der Waals surface area contributed by atoms with Crippen molar-refractivity contribution >= 4 is 5.97 Å². The van der Waals surface area contributed by atoms with Crippen LogP contribution in [-0.2, 0) is 22.6 Å². The van der Waals surface area contributed by atoms with E-state index in [1.807, 2.05) is 36.4 Å². The molecule has 21 heavy (non-hydrogen) atoms. The van der Waals surface area contributed by atoms with E-state index in [9.17, 15) is 9.90 Å². The molecule has 0 aromatic carbocycles. The minimum atomic E-state index is -0.787. The number of hydrogen-bond donors (Lipinski definition) is 1. The summed E-state index contributed by atoms with van der Waals surface area (Å²) < 4.78 is 7.99. The average Bonchev–Trinajstić information content (AvgIpc) is 2.94. The summed E-state index contributed by atoms with van der Waals surface area (Å²) in [5.74, 6) is 0.116. The van der Waals surface area contributed by atoms with E-state index in [1.54, 1.807) is 6.20 Å². The van der Waals surface area contributed by atoms with Crippen LogP contribution in [-0.4, -0.2) is 49.8 Å². The highest BCUT2D eigenvalue weighted by Crippen LogP contribution is 2.26. The Morgan fingerprint density at radius 3 is 2.81 bits per heavy atom. The van der Waals surface area contributed by atoms with E-state index >= 15 is 0 Å². The van der Waals surface area contributed by atoms with Gasteiger partial charge in [0.1, 0.15) is 11.9 Å². The Balaban J connectivity index is 2.08. The maximum atomic E-state index is 11.5. The maximum absolute atomic E-state index is 11.5. The smallest absolute Gasteiger partial charge is 0.321 e. The second-order valence-electron chi connectivity index (χ2n) is 6.50. The lowest BCUT2D eigenvalue weighted by atomic mass is 10.1. The topological polar surface area (TPSA) is 67.6 Å². The van der Waals surface area contributed by atoms with Gasteiger partial charge in [-0.05, 0) is 27.7 Å². The highest BCUT2D eigenvalue weighted by molar-refractivity contribution is 5.74. The van der Waals surface area contributed by atoms with Crippen LogP contribution in [0.1, 0.15) is 39.9 Å². The fourth-order valence-electron chi connectivity index (χ4n) is 2.84. The lowest BCUT2D eigenvalue weighted by Crippen LogP contribution is -2.36. The van der Waals surface area contributed by atoms with Crippen molar-refractivity contribution in [3.05, 3.63) is 18.2 Å². The number of carboxylic acid groups (broad SMARTS) is 1. The molecule has 0 aliphatic carbocycles. The molecule has 1 aromatic heterocycles. The van der Waals surface area contributed by atoms with Crippen LogP contribution in [0.25, 0.3) is 0 Å². The van der Waals surface area contributed by atoms with E-state index in [-0.39, 0.29) is 11.7 Å². The van der Waals surface area contributed by atoms with Gasteiger partial charge in [0.15, 0.2) is 0 Å². The lowest BCUT2D eigenvalue weighted by Gasteiger charge is -2.25. The van der Waals surface area contributed by atoms with E-state index in [1.165, 1.54) is 0 Å². The number of likely N-dealkylation sites (tertiary alicyclic amines) is 1. The van der Waals surface area contributed by atoms with E-state index in [0.717, 1.165) is 12.4 Å². The molecule has 0 amide bonds. The number of nitrogens with zero attached hydrogens (tertiary/aromatic N) is 3. The largest absolute Gasteiger partial charge is 0.480 e. The molecule has 6 nitrogen and oxygen atoms in total. The van der Waals surface area contributed by atoms with Crippen molar-refractivity contribution < 1.29 is 14.6 Å². The minimum Gasteiger partial charge on any atom is -0.480 e. The molecule has 0 saturated carbocycles. The van der Waals surface area contributed by atoms with Gasteiger partial charge >= 0.3 is 5.97 Å². The summed E-state index contributed by atoms with van der Waals surface area (Å²) in [7, 11) is 0. The number of ether oxygens (including phenoxy) is 1. The zero-order valence-electron chi connectivity index (χ0n) is 13.2. The summed E-state index contributed by atoms with van der Waals surface area (Å²) in [4.78, 5) is 17.8. The van der Waals surface area contributed by atoms with Crippen LogP contribution < -0.4 is 0 Å². The molecule has 0 spiro atoms. The molecule has 1 N–H and O–H groups in total. The van der Waals surface area contributed by atoms with Crippen molar-refractivity contribution in [2.75, 3.05) is 6.54 Å². The molecule has 1 aliphatic rings. The lowest BCUT2D eigenvalue weighted by molar-refractivity contribution is -0.142. The van der Waals surface area contributed by atoms with Crippen molar-refractivity contribution in [2.24, 2.45) is 0 Å². The molecule has 1 fully saturated rings. The Hall–Kier alpha value is -1.40. The predicted molar refractivity (Wildman–Crippen MR) is 79.0 cm³/mol. The number of imidazole rings is 1. The zero-order valence-corrected chi connectivity index (χ0v) is 13.2. The Morgan fingerprint density at radius 1 is 1.52 bits per heavy atom. The van der Waals surface area contributed by atoms with Gasteiger partial charge in [0.2, 0.25) is 0 Å². The Kier molecular flexibility index (Phi) is 4.68. The van der Waals surface area contributed by atoms with Crippen molar-refractivity contribution in [1.82, 2.24) is 14.5 Å². The number of aromatic nitrogens is 2. The molecule has 1 aromatic rings. The second kappa shape index (κ2) is 6.15. The molecule has 118 valence electrons. The highest BCUT2D eigenvalue weighted by Gasteiger charge is 2.39. The molecule has 2 atom stereocenters. The fraction of sp³-hybridized carbons (Fsp3) is 0.733. The molecule has 6 heteroatoms. The van der Waals surface area contributed by atoms with E-state index < -0.39 is 12.0 Å². The quantitative estimate of drug-likeness (QED) is 0.896. The van der Waals surface area contributed by atoms with Crippen molar-refractivity contribution in [1.29, 1.82) is 0 Å². The molecule has 1 saturated heterocycles. The van der Waals surface area contributed by atoms with Crippen LogP contribution in [0.2, 0.25) is 0 Å². The van der Waals surface area contributed by atoms with Crippen molar-refractivity contribution in [3.8, 4) is 0 Å². The van der Waals surface area contributed by atoms with Crippen molar-refractivity contribution in [3.63, 3.8) is 0 Å². The van der Waals surface area contributed by atoms with Crippen molar-refractivity contribution in [2.45, 2.75) is 65.0 Å². The molecule has 0 bridgehead atoms. The SMILES string of the molecule is CCn1ccnc1CN1C[C@H](OC(C)(C)C)C[C@H]1C(=O)O. The Morgan fingerprint density at radius 2 is 2.24 bits per heavy atom. The van der Waals surface area contributed by atoms with Gasteiger partial charge in [-0.25, -0.2) is 4.98 Å². The van der Waals surface area contributed by atoms with Gasteiger partial charge < -0.3 is 14.4 Å². The highest BCUT2D eigenvalue weighted by atomic mass is 16.5. The number of aliphatic carboxylic acids is 1. The molecule has 2 heterocycles. The monoisotopic (exact) mass is 295 g/mol. The minimum absolute atomic E-state index is 0.0452. The summed E-state index contributed by atoms with van der Waals surface area (Å²) in [6, 6.07) is -0.501.